The molecule has 250 valence electrons. The summed E-state index contributed by atoms with van der Waals surface area (Å²) in [5.41, 5.74) is -1.46. The SMILES string of the molecule is CN1C(=O)[C@@]23SS[C@]1(CO)C(=O)N2[C@H]1Nc2ccccc2[C@@]1([C@@]12c4ccccc4N[C@@H]1N1C(=O)[C@@]4(CO)SS[C@@]1(C(=O)N4C)[C@H]2O)[C@@H]3O. The number of para-hydroxylation sites is 2. The fraction of sp³-hybridized carbons (Fsp3) is 0.467. The molecule has 48 heavy (non-hydrogen) atoms. The van der Waals surface area contributed by atoms with Gasteiger partial charge in [-0.2, -0.15) is 0 Å². The van der Waals surface area contributed by atoms with Crippen LogP contribution >= 0.6 is 43.2 Å². The fourth-order valence-electron chi connectivity index (χ4n) is 10.0. The summed E-state index contributed by atoms with van der Waals surface area (Å²) in [6.45, 7) is -1.35. The third kappa shape index (κ3) is 2.47. The molecule has 10 atom stereocenters. The number of hydrogen-bond acceptors (Lipinski definition) is 14. The molecule has 10 heterocycles. The molecule has 0 saturated carbocycles. The summed E-state index contributed by atoms with van der Waals surface area (Å²) >= 11 is 0. The number of carbonyl (C=O) groups is 4. The predicted molar refractivity (Wildman–Crippen MR) is 178 cm³/mol. The number of rotatable bonds is 3. The lowest BCUT2D eigenvalue weighted by molar-refractivity contribution is -0.169. The summed E-state index contributed by atoms with van der Waals surface area (Å²) in [7, 11) is 6.89. The van der Waals surface area contributed by atoms with Crippen molar-refractivity contribution in [1.82, 2.24) is 19.6 Å². The monoisotopic (exact) mass is 728 g/mol. The van der Waals surface area contributed by atoms with Gasteiger partial charge in [-0.3, -0.25) is 29.0 Å². The van der Waals surface area contributed by atoms with Crippen molar-refractivity contribution >= 4 is 78.2 Å². The molecule has 0 unspecified atom stereocenters. The minimum absolute atomic E-state index is 0.498. The number of fused-ring (bicyclic) bond motifs is 11. The van der Waals surface area contributed by atoms with Gasteiger partial charge in [0.2, 0.25) is 19.5 Å². The van der Waals surface area contributed by atoms with E-state index in [1.54, 1.807) is 48.5 Å². The minimum Gasteiger partial charge on any atom is -0.392 e. The van der Waals surface area contributed by atoms with Crippen LogP contribution in [0.25, 0.3) is 0 Å². The molecule has 4 amide bonds. The van der Waals surface area contributed by atoms with Crippen LogP contribution in [0.4, 0.5) is 11.4 Å². The van der Waals surface area contributed by atoms with E-state index in [0.717, 1.165) is 43.2 Å². The molecule has 8 saturated heterocycles. The molecule has 10 aliphatic heterocycles. The Balaban J connectivity index is 1.34. The summed E-state index contributed by atoms with van der Waals surface area (Å²) in [6, 6.07) is 14.2. The van der Waals surface area contributed by atoms with Crippen molar-refractivity contribution in [1.29, 1.82) is 0 Å². The van der Waals surface area contributed by atoms with Crippen molar-refractivity contribution in [3.63, 3.8) is 0 Å². The molecule has 4 bridgehead atoms. The van der Waals surface area contributed by atoms with Crippen molar-refractivity contribution in [3.8, 4) is 0 Å². The van der Waals surface area contributed by atoms with Crippen LogP contribution in [0.15, 0.2) is 48.5 Å². The fourth-order valence-corrected chi connectivity index (χ4v) is 17.4. The van der Waals surface area contributed by atoms with E-state index in [1.165, 1.54) is 33.7 Å². The number of nitrogens with zero attached hydrogens (tertiary/aromatic N) is 4. The van der Waals surface area contributed by atoms with E-state index in [-0.39, 0.29) is 0 Å². The van der Waals surface area contributed by atoms with Crippen LogP contribution in [-0.4, -0.2) is 135 Å². The molecule has 2 aromatic rings. The Kier molecular flexibility index (Phi) is 5.45. The van der Waals surface area contributed by atoms with Gasteiger partial charge >= 0.3 is 0 Å². The number of aliphatic hydroxyl groups is 4. The zero-order valence-corrected chi connectivity index (χ0v) is 28.5. The van der Waals surface area contributed by atoms with Gasteiger partial charge in [0.25, 0.3) is 23.6 Å². The van der Waals surface area contributed by atoms with Crippen molar-refractivity contribution in [2.75, 3.05) is 37.9 Å². The average molecular weight is 729 g/mol. The highest BCUT2D eigenvalue weighted by atomic mass is 33.1. The molecular weight excluding hydrogens is 701 g/mol. The van der Waals surface area contributed by atoms with Crippen molar-refractivity contribution in [2.45, 2.75) is 54.9 Å². The number of anilines is 2. The van der Waals surface area contributed by atoms with Crippen LogP contribution in [0.5, 0.6) is 0 Å². The normalized spacial score (nSPS) is 45.5. The summed E-state index contributed by atoms with van der Waals surface area (Å²) in [6.07, 6.45) is -5.79. The Bertz CT molecular complexity index is 1810. The Labute approximate surface area is 288 Å². The van der Waals surface area contributed by atoms with E-state index in [4.69, 9.17) is 0 Å². The lowest BCUT2D eigenvalue weighted by Gasteiger charge is -2.58. The second-order valence-electron chi connectivity index (χ2n) is 13.4. The van der Waals surface area contributed by atoms with E-state index in [2.05, 4.69) is 10.6 Å². The molecule has 12 rings (SSSR count). The zero-order chi connectivity index (χ0) is 33.6. The first-order chi connectivity index (χ1) is 23.0. The zero-order valence-electron chi connectivity index (χ0n) is 25.2. The van der Waals surface area contributed by atoms with Gasteiger partial charge in [-0.1, -0.05) is 36.4 Å². The van der Waals surface area contributed by atoms with Crippen molar-refractivity contribution in [2.24, 2.45) is 0 Å². The van der Waals surface area contributed by atoms with Crippen LogP contribution in [0.2, 0.25) is 0 Å². The van der Waals surface area contributed by atoms with Crippen LogP contribution < -0.4 is 10.6 Å². The molecule has 6 N–H and O–H groups in total. The number of benzene rings is 2. The minimum atomic E-state index is -1.91. The first kappa shape index (κ1) is 30.0. The van der Waals surface area contributed by atoms with E-state index in [9.17, 15) is 39.6 Å². The molecule has 8 fully saturated rings. The standard InChI is InChI=1S/C30H28N6O8S4/c1-33-23(43)29-17(39)27(13-7-3-5-9-15(13)31-19(27)35(29)21(41)25(33,11-37)45-47-29)28-14-8-4-6-10-16(14)32-20(28)36-22(42)26(12-38)34(2)24(44)30(36,18(28)40)48-46-26/h3-10,17-20,31-32,37-40H,11-12H2,1-2H3/t17-,18-,19+,20+,25+,26+,27+,28+,29+,30+/m0/s1. The third-order valence-electron chi connectivity index (χ3n) is 12.2. The predicted octanol–water partition coefficient (Wildman–Crippen LogP) is -0.724. The quantitative estimate of drug-likeness (QED) is 0.218. The molecule has 14 nitrogen and oxygen atoms in total. The molecule has 0 radical (unpaired) electrons. The maximum Gasteiger partial charge on any atom is 0.265 e. The number of hydrogen-bond donors (Lipinski definition) is 6. The summed E-state index contributed by atoms with van der Waals surface area (Å²) < 4.78 is 0. The second kappa shape index (κ2) is 8.71. The van der Waals surface area contributed by atoms with Gasteiger partial charge in [-0.25, -0.2) is 0 Å². The van der Waals surface area contributed by atoms with Gasteiger partial charge in [-0.05, 0) is 66.4 Å². The number of piperazine rings is 2. The maximum atomic E-state index is 14.7. The second-order valence-corrected chi connectivity index (χ2v) is 18.7. The molecule has 2 spiro atoms. The Morgan fingerprint density at radius 1 is 0.625 bits per heavy atom. The van der Waals surface area contributed by atoms with Crippen LogP contribution in [0.1, 0.15) is 11.1 Å². The topological polar surface area (TPSA) is 186 Å². The Morgan fingerprint density at radius 3 is 1.38 bits per heavy atom. The molecule has 0 aromatic heterocycles. The van der Waals surface area contributed by atoms with Crippen LogP contribution in [0.3, 0.4) is 0 Å². The van der Waals surface area contributed by atoms with E-state index >= 15 is 0 Å². The lowest BCUT2D eigenvalue weighted by Crippen LogP contribution is -2.79. The first-order valence-electron chi connectivity index (χ1n) is 15.2. The number of amides is 4. The first-order valence-corrected chi connectivity index (χ1v) is 19.5. The van der Waals surface area contributed by atoms with Crippen molar-refractivity contribution < 1.29 is 39.6 Å². The van der Waals surface area contributed by atoms with Gasteiger partial charge < -0.3 is 40.9 Å². The number of aliphatic hydroxyl groups excluding tert-OH is 4. The van der Waals surface area contributed by atoms with Gasteiger partial charge in [-0.15, -0.1) is 0 Å². The smallest absolute Gasteiger partial charge is 0.265 e. The van der Waals surface area contributed by atoms with Crippen LogP contribution in [-0.2, 0) is 30.0 Å². The Morgan fingerprint density at radius 2 is 1.00 bits per heavy atom. The van der Waals surface area contributed by atoms with Crippen LogP contribution in [0, 0.1) is 0 Å². The maximum absolute atomic E-state index is 14.7. The van der Waals surface area contributed by atoms with E-state index in [0.29, 0.717) is 22.5 Å². The van der Waals surface area contributed by atoms with E-state index < -0.39 is 91.7 Å². The summed E-state index contributed by atoms with van der Waals surface area (Å²) in [4.78, 5) is 56.6. The molecule has 0 aliphatic carbocycles. The number of likely N-dealkylation sites (N-methyl/N-ethyl adjacent to an activating group) is 2. The highest BCUT2D eigenvalue weighted by molar-refractivity contribution is 8.78. The van der Waals surface area contributed by atoms with Gasteiger partial charge in [0.15, 0.2) is 0 Å². The summed E-state index contributed by atoms with van der Waals surface area (Å²) in [5.74, 6) is -2.36. The highest BCUT2D eigenvalue weighted by Gasteiger charge is 2.93. The Hall–Kier alpha value is -2.84. The van der Waals surface area contributed by atoms with Gasteiger partial charge in [0.1, 0.15) is 24.5 Å². The van der Waals surface area contributed by atoms with Gasteiger partial charge in [0, 0.05) is 25.5 Å². The lowest BCUT2D eigenvalue weighted by atomic mass is 9.52. The molecular formula is C30H28N6O8S4. The average Bonchev–Trinajstić information content (AvgIpc) is 3.75. The number of nitrogens with one attached hydrogen (secondary N) is 2. The summed E-state index contributed by atoms with van der Waals surface area (Å²) in [5, 5.41) is 54.7. The molecule has 10 aliphatic rings. The van der Waals surface area contributed by atoms with E-state index in [1.807, 2.05) is 0 Å². The largest absolute Gasteiger partial charge is 0.392 e. The number of carbonyl (C=O) groups excluding carboxylic acids is 4. The van der Waals surface area contributed by atoms with Gasteiger partial charge in [0.05, 0.1) is 24.0 Å². The highest BCUT2D eigenvalue weighted by Crippen LogP contribution is 2.78. The molecule has 18 heteroatoms. The third-order valence-corrected chi connectivity index (χ3v) is 19.4. The van der Waals surface area contributed by atoms with Crippen molar-refractivity contribution in [3.05, 3.63) is 59.7 Å². The molecule has 2 aromatic carbocycles.